The van der Waals surface area contributed by atoms with Crippen molar-refractivity contribution in [2.24, 2.45) is 5.92 Å². The number of carboxylic acids is 1. The molecule has 1 fully saturated rings. The van der Waals surface area contributed by atoms with Gasteiger partial charge in [-0.25, -0.2) is 0 Å². The Balaban J connectivity index is 2.50. The number of aliphatic carboxylic acids is 1. The maximum absolute atomic E-state index is 11.1. The van der Waals surface area contributed by atoms with Crippen LogP contribution in [0, 0.1) is 5.92 Å². The molecule has 0 spiro atoms. The number of hydrogen-bond acceptors (Lipinski definition) is 2. The number of thioether (sulfide) groups is 1. The van der Waals surface area contributed by atoms with Gasteiger partial charge in [-0.2, -0.15) is 11.8 Å². The lowest BCUT2D eigenvalue weighted by molar-refractivity contribution is -0.141. The maximum atomic E-state index is 11.1. The average molecular weight is 216 g/mol. The van der Waals surface area contributed by atoms with Crippen molar-refractivity contribution in [2.45, 2.75) is 50.7 Å². The molecule has 0 aliphatic heterocycles. The predicted molar refractivity (Wildman–Crippen MR) is 60.7 cm³/mol. The topological polar surface area (TPSA) is 37.3 Å². The van der Waals surface area contributed by atoms with E-state index in [1.807, 2.05) is 11.8 Å². The molecule has 82 valence electrons. The number of hydrogen-bond donors (Lipinski definition) is 1. The van der Waals surface area contributed by atoms with Crippen LogP contribution in [0.4, 0.5) is 0 Å². The fourth-order valence-electron chi connectivity index (χ4n) is 2.02. The first kappa shape index (κ1) is 11.9. The van der Waals surface area contributed by atoms with E-state index in [1.54, 1.807) is 0 Å². The lowest BCUT2D eigenvalue weighted by Gasteiger charge is -2.20. The van der Waals surface area contributed by atoms with E-state index in [1.165, 1.54) is 12.8 Å². The minimum absolute atomic E-state index is 0.0888. The van der Waals surface area contributed by atoms with Crippen LogP contribution >= 0.6 is 11.8 Å². The summed E-state index contributed by atoms with van der Waals surface area (Å²) < 4.78 is 0. The molecule has 0 radical (unpaired) electrons. The van der Waals surface area contributed by atoms with Gasteiger partial charge >= 0.3 is 5.97 Å². The Morgan fingerprint density at radius 2 is 2.07 bits per heavy atom. The van der Waals surface area contributed by atoms with Crippen LogP contribution in [0.1, 0.15) is 45.4 Å². The third-order valence-electron chi connectivity index (χ3n) is 2.81. The van der Waals surface area contributed by atoms with Crippen molar-refractivity contribution in [3.63, 3.8) is 0 Å². The van der Waals surface area contributed by atoms with E-state index in [0.717, 1.165) is 31.4 Å². The second-order valence-corrected chi connectivity index (χ2v) is 5.34. The highest BCUT2D eigenvalue weighted by Crippen LogP contribution is 2.32. The Hall–Kier alpha value is -0.180. The second-order valence-electron chi connectivity index (χ2n) is 3.99. The van der Waals surface area contributed by atoms with Gasteiger partial charge in [0.25, 0.3) is 0 Å². The molecule has 0 saturated heterocycles. The van der Waals surface area contributed by atoms with Gasteiger partial charge in [0.05, 0.1) is 5.92 Å². The van der Waals surface area contributed by atoms with Crippen molar-refractivity contribution in [3.8, 4) is 0 Å². The van der Waals surface area contributed by atoms with Crippen LogP contribution in [0.3, 0.4) is 0 Å². The molecule has 0 aromatic rings. The second kappa shape index (κ2) is 6.33. The summed E-state index contributed by atoms with van der Waals surface area (Å²) in [7, 11) is 0. The molecule has 0 aromatic carbocycles. The van der Waals surface area contributed by atoms with Crippen molar-refractivity contribution in [1.29, 1.82) is 0 Å². The van der Waals surface area contributed by atoms with Crippen LogP contribution in [-0.4, -0.2) is 22.1 Å². The van der Waals surface area contributed by atoms with Crippen LogP contribution in [-0.2, 0) is 4.79 Å². The smallest absolute Gasteiger partial charge is 0.307 e. The normalized spacial score (nSPS) is 28.4. The maximum Gasteiger partial charge on any atom is 0.307 e. The summed E-state index contributed by atoms with van der Waals surface area (Å²) in [5, 5.41) is 9.49. The minimum Gasteiger partial charge on any atom is -0.481 e. The summed E-state index contributed by atoms with van der Waals surface area (Å²) in [6.45, 7) is 2.15. The molecule has 0 bridgehead atoms. The monoisotopic (exact) mass is 216 g/mol. The van der Waals surface area contributed by atoms with Gasteiger partial charge in [0, 0.05) is 5.25 Å². The first-order chi connectivity index (χ1) is 6.75. The zero-order valence-corrected chi connectivity index (χ0v) is 9.68. The largest absolute Gasteiger partial charge is 0.481 e. The van der Waals surface area contributed by atoms with E-state index in [2.05, 4.69) is 6.92 Å². The summed E-state index contributed by atoms with van der Waals surface area (Å²) in [6, 6.07) is 0. The van der Waals surface area contributed by atoms with E-state index < -0.39 is 5.97 Å². The van der Waals surface area contributed by atoms with Crippen LogP contribution in [0.2, 0.25) is 0 Å². The van der Waals surface area contributed by atoms with Gasteiger partial charge in [-0.3, -0.25) is 4.79 Å². The van der Waals surface area contributed by atoms with E-state index in [-0.39, 0.29) is 5.92 Å². The minimum atomic E-state index is -0.583. The molecule has 3 heteroatoms. The Kier molecular flexibility index (Phi) is 5.38. The quantitative estimate of drug-likeness (QED) is 0.733. The molecular formula is C11H20O2S. The summed E-state index contributed by atoms with van der Waals surface area (Å²) in [5.74, 6) is 0.434. The SMILES string of the molecule is CCCSC1CCCCCC1C(=O)O. The van der Waals surface area contributed by atoms with Crippen molar-refractivity contribution >= 4 is 17.7 Å². The number of carbonyl (C=O) groups is 1. The zero-order chi connectivity index (χ0) is 10.4. The van der Waals surface area contributed by atoms with E-state index in [4.69, 9.17) is 5.11 Å². The lowest BCUT2D eigenvalue weighted by Crippen LogP contribution is -2.25. The molecule has 1 saturated carbocycles. The van der Waals surface area contributed by atoms with E-state index in [9.17, 15) is 4.79 Å². The Labute approximate surface area is 90.5 Å². The standard InChI is InChI=1S/C11H20O2S/c1-2-8-14-10-7-5-3-4-6-9(10)11(12)13/h9-10H,2-8H2,1H3,(H,12,13). The highest BCUT2D eigenvalue weighted by Gasteiger charge is 2.29. The Morgan fingerprint density at radius 3 is 2.71 bits per heavy atom. The molecule has 0 heterocycles. The molecule has 2 atom stereocenters. The molecule has 0 aromatic heterocycles. The lowest BCUT2D eigenvalue weighted by atomic mass is 10.0. The van der Waals surface area contributed by atoms with Crippen molar-refractivity contribution in [1.82, 2.24) is 0 Å². The van der Waals surface area contributed by atoms with Crippen molar-refractivity contribution < 1.29 is 9.90 Å². The molecule has 1 aliphatic rings. The fraction of sp³-hybridized carbons (Fsp3) is 0.909. The molecule has 1 N–H and O–H groups in total. The van der Waals surface area contributed by atoms with Gasteiger partial charge in [-0.15, -0.1) is 0 Å². The molecule has 2 unspecified atom stereocenters. The first-order valence-electron chi connectivity index (χ1n) is 5.60. The third kappa shape index (κ3) is 3.52. The van der Waals surface area contributed by atoms with Crippen LogP contribution < -0.4 is 0 Å². The highest BCUT2D eigenvalue weighted by molar-refractivity contribution is 7.99. The highest BCUT2D eigenvalue weighted by atomic mass is 32.2. The van der Waals surface area contributed by atoms with Crippen molar-refractivity contribution in [2.75, 3.05) is 5.75 Å². The van der Waals surface area contributed by atoms with Crippen LogP contribution in [0.15, 0.2) is 0 Å². The van der Waals surface area contributed by atoms with Crippen molar-refractivity contribution in [3.05, 3.63) is 0 Å². The Morgan fingerprint density at radius 1 is 1.36 bits per heavy atom. The van der Waals surface area contributed by atoms with Gasteiger partial charge in [-0.05, 0) is 25.0 Å². The summed E-state index contributed by atoms with van der Waals surface area (Å²) in [5.41, 5.74) is 0. The van der Waals surface area contributed by atoms with Gasteiger partial charge in [0.1, 0.15) is 0 Å². The summed E-state index contributed by atoms with van der Waals surface area (Å²) in [4.78, 5) is 11.1. The molecular weight excluding hydrogens is 196 g/mol. The summed E-state index contributed by atoms with van der Waals surface area (Å²) in [6.07, 6.45) is 6.66. The molecule has 0 amide bonds. The molecule has 1 aliphatic carbocycles. The average Bonchev–Trinajstić information content (AvgIpc) is 2.39. The number of carboxylic acid groups (broad SMARTS) is 1. The number of rotatable bonds is 4. The third-order valence-corrected chi connectivity index (χ3v) is 4.44. The molecule has 1 rings (SSSR count). The molecule has 2 nitrogen and oxygen atoms in total. The fourth-order valence-corrected chi connectivity index (χ4v) is 3.38. The van der Waals surface area contributed by atoms with Gasteiger partial charge in [-0.1, -0.05) is 26.2 Å². The van der Waals surface area contributed by atoms with Crippen LogP contribution in [0.5, 0.6) is 0 Å². The Bertz CT molecular complexity index is 182. The predicted octanol–water partition coefficient (Wildman–Crippen LogP) is 3.16. The molecule has 14 heavy (non-hydrogen) atoms. The van der Waals surface area contributed by atoms with Gasteiger partial charge < -0.3 is 5.11 Å². The van der Waals surface area contributed by atoms with E-state index in [0.29, 0.717) is 5.25 Å². The van der Waals surface area contributed by atoms with E-state index >= 15 is 0 Å². The summed E-state index contributed by atoms with van der Waals surface area (Å²) >= 11 is 1.87. The zero-order valence-electron chi connectivity index (χ0n) is 8.87. The first-order valence-corrected chi connectivity index (χ1v) is 6.65. The van der Waals surface area contributed by atoms with Gasteiger partial charge in [0.15, 0.2) is 0 Å². The van der Waals surface area contributed by atoms with Gasteiger partial charge in [0.2, 0.25) is 0 Å². The van der Waals surface area contributed by atoms with Crippen LogP contribution in [0.25, 0.3) is 0 Å².